The zero-order valence-electron chi connectivity index (χ0n) is 9.71. The Morgan fingerprint density at radius 1 is 0.875 bits per heavy atom. The number of rotatable bonds is 2. The van der Waals surface area contributed by atoms with Gasteiger partial charge in [0.25, 0.3) is 0 Å². The molecule has 2 heteroatoms. The van der Waals surface area contributed by atoms with Gasteiger partial charge in [-0.05, 0) is 37.1 Å². The number of halogens is 1. The fourth-order valence-electron chi connectivity index (χ4n) is 2.38. The highest BCUT2D eigenvalue weighted by molar-refractivity contribution is 6.30. The highest BCUT2D eigenvalue weighted by Gasteiger charge is 2.10. The molecule has 1 saturated carbocycles. The van der Waals surface area contributed by atoms with Gasteiger partial charge in [-0.1, -0.05) is 43.7 Å². The van der Waals surface area contributed by atoms with Gasteiger partial charge in [0.1, 0.15) is 0 Å². The Morgan fingerprint density at radius 3 is 2.06 bits per heavy atom. The first-order valence-electron chi connectivity index (χ1n) is 6.37. The van der Waals surface area contributed by atoms with Crippen LogP contribution in [0.4, 0.5) is 5.69 Å². The number of hydrogen-bond acceptors (Lipinski definition) is 1. The van der Waals surface area contributed by atoms with Crippen LogP contribution >= 0.6 is 11.6 Å². The Balaban J connectivity index is 1.89. The lowest BCUT2D eigenvalue weighted by molar-refractivity contribution is 0.471. The largest absolute Gasteiger partial charge is 0.382 e. The molecule has 0 heterocycles. The minimum Gasteiger partial charge on any atom is -0.382 e. The van der Waals surface area contributed by atoms with E-state index in [1.807, 2.05) is 12.1 Å². The molecule has 1 fully saturated rings. The molecule has 16 heavy (non-hydrogen) atoms. The number of hydrogen-bond donors (Lipinski definition) is 1. The van der Waals surface area contributed by atoms with Crippen LogP contribution in [0.1, 0.15) is 44.9 Å². The zero-order chi connectivity index (χ0) is 11.2. The van der Waals surface area contributed by atoms with E-state index >= 15 is 0 Å². The van der Waals surface area contributed by atoms with Crippen molar-refractivity contribution in [3.8, 4) is 0 Å². The molecule has 0 aromatic heterocycles. The Bertz CT molecular complexity index is 299. The van der Waals surface area contributed by atoms with Gasteiger partial charge in [-0.25, -0.2) is 0 Å². The molecule has 1 aliphatic rings. The summed E-state index contributed by atoms with van der Waals surface area (Å²) >= 11 is 5.87. The van der Waals surface area contributed by atoms with Gasteiger partial charge < -0.3 is 5.32 Å². The molecule has 2 rings (SSSR count). The second kappa shape index (κ2) is 6.15. The smallest absolute Gasteiger partial charge is 0.0407 e. The first-order valence-corrected chi connectivity index (χ1v) is 6.74. The molecule has 0 amide bonds. The van der Waals surface area contributed by atoms with Crippen LogP contribution in [0.5, 0.6) is 0 Å². The van der Waals surface area contributed by atoms with Crippen molar-refractivity contribution in [1.29, 1.82) is 0 Å². The van der Waals surface area contributed by atoms with Crippen molar-refractivity contribution < 1.29 is 0 Å². The minimum absolute atomic E-state index is 0.654. The van der Waals surface area contributed by atoms with Gasteiger partial charge >= 0.3 is 0 Å². The molecule has 88 valence electrons. The number of benzene rings is 1. The maximum Gasteiger partial charge on any atom is 0.0407 e. The number of nitrogens with one attached hydrogen (secondary N) is 1. The van der Waals surface area contributed by atoms with E-state index in [9.17, 15) is 0 Å². The summed E-state index contributed by atoms with van der Waals surface area (Å²) in [6.45, 7) is 0. The molecule has 1 nitrogen and oxygen atoms in total. The van der Waals surface area contributed by atoms with Crippen LogP contribution in [0.2, 0.25) is 5.02 Å². The molecule has 1 aromatic rings. The van der Waals surface area contributed by atoms with Gasteiger partial charge in [-0.3, -0.25) is 0 Å². The standard InChI is InChI=1S/C14H20ClN/c15-12-8-10-14(11-9-12)16-13-6-4-2-1-3-5-7-13/h8-11,13,16H,1-7H2. The summed E-state index contributed by atoms with van der Waals surface area (Å²) in [5.74, 6) is 0. The normalized spacial score (nSPS) is 18.8. The van der Waals surface area contributed by atoms with E-state index in [1.165, 1.54) is 50.6 Å². The van der Waals surface area contributed by atoms with Crippen molar-refractivity contribution in [3.63, 3.8) is 0 Å². The summed E-state index contributed by atoms with van der Waals surface area (Å²) < 4.78 is 0. The van der Waals surface area contributed by atoms with Gasteiger partial charge in [-0.15, -0.1) is 0 Å². The van der Waals surface area contributed by atoms with Crippen LogP contribution in [0.25, 0.3) is 0 Å². The zero-order valence-corrected chi connectivity index (χ0v) is 10.5. The molecule has 0 aliphatic heterocycles. The highest BCUT2D eigenvalue weighted by Crippen LogP contribution is 2.21. The molecule has 0 spiro atoms. The van der Waals surface area contributed by atoms with E-state index in [-0.39, 0.29) is 0 Å². The second-order valence-electron chi connectivity index (χ2n) is 4.69. The molecule has 0 saturated heterocycles. The maximum absolute atomic E-state index is 5.87. The van der Waals surface area contributed by atoms with Crippen LogP contribution in [0.15, 0.2) is 24.3 Å². The Labute approximate surface area is 103 Å². The van der Waals surface area contributed by atoms with E-state index in [1.54, 1.807) is 0 Å². The van der Waals surface area contributed by atoms with Crippen LogP contribution in [0.3, 0.4) is 0 Å². The summed E-state index contributed by atoms with van der Waals surface area (Å²) in [5, 5.41) is 4.43. The predicted molar refractivity (Wildman–Crippen MR) is 71.2 cm³/mol. The molecular formula is C14H20ClN. The van der Waals surface area contributed by atoms with Gasteiger partial charge in [0, 0.05) is 16.8 Å². The third-order valence-electron chi connectivity index (χ3n) is 3.32. The van der Waals surface area contributed by atoms with Crippen molar-refractivity contribution in [3.05, 3.63) is 29.3 Å². The first-order chi connectivity index (χ1) is 7.84. The lowest BCUT2D eigenvalue weighted by atomic mass is 9.96. The second-order valence-corrected chi connectivity index (χ2v) is 5.13. The lowest BCUT2D eigenvalue weighted by Gasteiger charge is -2.22. The predicted octanol–water partition coefficient (Wildman–Crippen LogP) is 4.86. The van der Waals surface area contributed by atoms with Crippen LogP contribution in [0, 0.1) is 0 Å². The van der Waals surface area contributed by atoms with Crippen LogP contribution < -0.4 is 5.32 Å². The quantitative estimate of drug-likeness (QED) is 0.774. The molecular weight excluding hydrogens is 218 g/mol. The molecule has 0 unspecified atom stereocenters. The van der Waals surface area contributed by atoms with E-state index in [0.717, 1.165) is 5.02 Å². The van der Waals surface area contributed by atoms with Gasteiger partial charge in [0.15, 0.2) is 0 Å². The van der Waals surface area contributed by atoms with E-state index in [0.29, 0.717) is 6.04 Å². The van der Waals surface area contributed by atoms with Crippen molar-refractivity contribution >= 4 is 17.3 Å². The fraction of sp³-hybridized carbons (Fsp3) is 0.571. The highest BCUT2D eigenvalue weighted by atomic mass is 35.5. The summed E-state index contributed by atoms with van der Waals surface area (Å²) in [7, 11) is 0. The maximum atomic E-state index is 5.87. The Kier molecular flexibility index (Phi) is 4.53. The van der Waals surface area contributed by atoms with Crippen molar-refractivity contribution in [2.75, 3.05) is 5.32 Å². The minimum atomic E-state index is 0.654. The van der Waals surface area contributed by atoms with E-state index in [2.05, 4.69) is 17.4 Å². The van der Waals surface area contributed by atoms with Crippen molar-refractivity contribution in [2.24, 2.45) is 0 Å². The fourth-order valence-corrected chi connectivity index (χ4v) is 2.51. The van der Waals surface area contributed by atoms with Crippen molar-refractivity contribution in [2.45, 2.75) is 51.0 Å². The summed E-state index contributed by atoms with van der Waals surface area (Å²) in [6, 6.07) is 8.70. The van der Waals surface area contributed by atoms with Crippen LogP contribution in [-0.2, 0) is 0 Å². The molecule has 1 N–H and O–H groups in total. The molecule has 0 atom stereocenters. The molecule has 0 bridgehead atoms. The van der Waals surface area contributed by atoms with Gasteiger partial charge in [0.2, 0.25) is 0 Å². The lowest BCUT2D eigenvalue weighted by Crippen LogP contribution is -2.20. The van der Waals surface area contributed by atoms with Crippen molar-refractivity contribution in [1.82, 2.24) is 0 Å². The van der Waals surface area contributed by atoms with E-state index < -0.39 is 0 Å². The third kappa shape index (κ3) is 3.71. The Hall–Kier alpha value is -0.690. The molecule has 0 radical (unpaired) electrons. The summed E-state index contributed by atoms with van der Waals surface area (Å²) in [4.78, 5) is 0. The molecule has 1 aromatic carbocycles. The topological polar surface area (TPSA) is 12.0 Å². The summed E-state index contributed by atoms with van der Waals surface area (Å²) in [5.41, 5.74) is 1.20. The average molecular weight is 238 g/mol. The average Bonchev–Trinajstić information content (AvgIpc) is 2.25. The molecule has 1 aliphatic carbocycles. The third-order valence-corrected chi connectivity index (χ3v) is 3.57. The first kappa shape index (κ1) is 11.8. The van der Waals surface area contributed by atoms with Gasteiger partial charge in [0.05, 0.1) is 0 Å². The van der Waals surface area contributed by atoms with E-state index in [4.69, 9.17) is 11.6 Å². The number of anilines is 1. The SMILES string of the molecule is Clc1ccc(NC2CCCCCCC2)cc1. The monoisotopic (exact) mass is 237 g/mol. The van der Waals surface area contributed by atoms with Gasteiger partial charge in [-0.2, -0.15) is 0 Å². The van der Waals surface area contributed by atoms with Crippen LogP contribution in [-0.4, -0.2) is 6.04 Å². The summed E-state index contributed by atoms with van der Waals surface area (Å²) in [6.07, 6.45) is 9.58. The Morgan fingerprint density at radius 2 is 1.44 bits per heavy atom.